The van der Waals surface area contributed by atoms with Crippen LogP contribution in [-0.2, 0) is 0 Å². The number of aryl methyl sites for hydroxylation is 1. The van der Waals surface area contributed by atoms with Crippen molar-refractivity contribution >= 4 is 38.9 Å². The molecule has 1 N–H and O–H groups in total. The predicted molar refractivity (Wildman–Crippen MR) is 83.7 cm³/mol. The topological polar surface area (TPSA) is 12.0 Å². The van der Waals surface area contributed by atoms with Gasteiger partial charge in [-0.25, -0.2) is 0 Å². The Hall–Kier alpha value is -0.350. The number of hydrogen-bond donors (Lipinski definition) is 1. The molecule has 1 aromatic carbocycles. The van der Waals surface area contributed by atoms with E-state index in [-0.39, 0.29) is 6.04 Å². The first kappa shape index (κ1) is 14.1. The van der Waals surface area contributed by atoms with E-state index in [1.807, 2.05) is 6.07 Å². The molecule has 0 aliphatic heterocycles. The van der Waals surface area contributed by atoms with Crippen LogP contribution in [0.15, 0.2) is 34.1 Å². The highest BCUT2D eigenvalue weighted by Crippen LogP contribution is 2.32. The highest BCUT2D eigenvalue weighted by Gasteiger charge is 2.16. The molecular formula is C14H15BrClNS. The Morgan fingerprint density at radius 3 is 2.72 bits per heavy atom. The lowest BCUT2D eigenvalue weighted by Crippen LogP contribution is -2.22. The predicted octanol–water partition coefficient (Wildman–Crippen LogP) is 5.17. The van der Waals surface area contributed by atoms with E-state index in [4.69, 9.17) is 11.6 Å². The molecule has 0 spiro atoms. The fourth-order valence-corrected chi connectivity index (χ4v) is 3.25. The van der Waals surface area contributed by atoms with E-state index in [0.717, 1.165) is 16.0 Å². The van der Waals surface area contributed by atoms with Crippen LogP contribution in [0.1, 0.15) is 29.0 Å². The van der Waals surface area contributed by atoms with Crippen molar-refractivity contribution < 1.29 is 0 Å². The first-order valence-corrected chi connectivity index (χ1v) is 7.91. The molecule has 1 nitrogen and oxygen atoms in total. The minimum Gasteiger partial charge on any atom is -0.306 e. The van der Waals surface area contributed by atoms with Crippen molar-refractivity contribution in [2.24, 2.45) is 0 Å². The number of rotatable bonds is 4. The van der Waals surface area contributed by atoms with Gasteiger partial charge in [0.15, 0.2) is 0 Å². The summed E-state index contributed by atoms with van der Waals surface area (Å²) in [6.45, 7) is 5.22. The van der Waals surface area contributed by atoms with Gasteiger partial charge < -0.3 is 5.32 Å². The molecule has 2 aromatic rings. The summed E-state index contributed by atoms with van der Waals surface area (Å²) in [6.07, 6.45) is 0. The number of nitrogens with one attached hydrogen (secondary N) is 1. The first-order chi connectivity index (χ1) is 8.63. The SMILES string of the molecule is CCNC(c1ccc(Cl)c(Br)c1)c1ccsc1C. The van der Waals surface area contributed by atoms with Gasteiger partial charge in [-0.1, -0.05) is 24.6 Å². The monoisotopic (exact) mass is 343 g/mol. The van der Waals surface area contributed by atoms with Crippen LogP contribution in [0, 0.1) is 6.92 Å². The van der Waals surface area contributed by atoms with Crippen LogP contribution in [0.4, 0.5) is 0 Å². The molecule has 0 amide bonds. The third-order valence-electron chi connectivity index (χ3n) is 2.90. The minimum absolute atomic E-state index is 0.231. The Bertz CT molecular complexity index is 538. The summed E-state index contributed by atoms with van der Waals surface area (Å²) in [5.41, 5.74) is 2.57. The molecule has 0 radical (unpaired) electrons. The zero-order chi connectivity index (χ0) is 13.1. The smallest absolute Gasteiger partial charge is 0.0587 e. The fraction of sp³-hybridized carbons (Fsp3) is 0.286. The molecular weight excluding hydrogens is 330 g/mol. The van der Waals surface area contributed by atoms with Crippen LogP contribution in [0.3, 0.4) is 0 Å². The summed E-state index contributed by atoms with van der Waals surface area (Å²) < 4.78 is 0.942. The van der Waals surface area contributed by atoms with Crippen molar-refractivity contribution in [2.75, 3.05) is 6.54 Å². The van der Waals surface area contributed by atoms with Gasteiger partial charge in [0.05, 0.1) is 11.1 Å². The molecule has 2 rings (SSSR count). The van der Waals surface area contributed by atoms with Gasteiger partial charge in [-0.05, 0) is 64.1 Å². The Morgan fingerprint density at radius 1 is 1.39 bits per heavy atom. The zero-order valence-electron chi connectivity index (χ0n) is 10.3. The average molecular weight is 345 g/mol. The third kappa shape index (κ3) is 2.97. The second-order valence-corrected chi connectivity index (χ2v) is 6.48. The molecule has 1 atom stereocenters. The first-order valence-electron chi connectivity index (χ1n) is 5.85. The van der Waals surface area contributed by atoms with Gasteiger partial charge in [-0.3, -0.25) is 0 Å². The molecule has 1 unspecified atom stereocenters. The van der Waals surface area contributed by atoms with Gasteiger partial charge in [0.25, 0.3) is 0 Å². The molecule has 0 aliphatic carbocycles. The maximum absolute atomic E-state index is 6.05. The van der Waals surface area contributed by atoms with Gasteiger partial charge >= 0.3 is 0 Å². The Balaban J connectivity index is 2.41. The van der Waals surface area contributed by atoms with E-state index in [2.05, 4.69) is 58.7 Å². The maximum atomic E-state index is 6.05. The van der Waals surface area contributed by atoms with E-state index in [1.54, 1.807) is 11.3 Å². The molecule has 1 aromatic heterocycles. The quantitative estimate of drug-likeness (QED) is 0.806. The minimum atomic E-state index is 0.231. The van der Waals surface area contributed by atoms with Gasteiger partial charge in [-0.2, -0.15) is 0 Å². The van der Waals surface area contributed by atoms with Crippen LogP contribution in [0.2, 0.25) is 5.02 Å². The second-order valence-electron chi connectivity index (χ2n) is 4.10. The number of benzene rings is 1. The van der Waals surface area contributed by atoms with Crippen LogP contribution < -0.4 is 5.32 Å². The third-order valence-corrected chi connectivity index (χ3v) is 4.97. The summed E-state index contributed by atoms with van der Waals surface area (Å²) in [5, 5.41) is 6.42. The van der Waals surface area contributed by atoms with E-state index < -0.39 is 0 Å². The standard InChI is InChI=1S/C14H15BrClNS/c1-3-17-14(11-6-7-18-9(11)2)10-4-5-13(16)12(15)8-10/h4-8,14,17H,3H2,1-2H3. The lowest BCUT2D eigenvalue weighted by molar-refractivity contribution is 0.630. The maximum Gasteiger partial charge on any atom is 0.0587 e. The number of thiophene rings is 1. The van der Waals surface area contributed by atoms with E-state index in [9.17, 15) is 0 Å². The van der Waals surface area contributed by atoms with Crippen molar-refractivity contribution in [3.05, 3.63) is 55.1 Å². The summed E-state index contributed by atoms with van der Waals surface area (Å²) in [4.78, 5) is 1.35. The van der Waals surface area contributed by atoms with E-state index in [0.29, 0.717) is 0 Å². The van der Waals surface area contributed by atoms with Crippen molar-refractivity contribution in [2.45, 2.75) is 19.9 Å². The molecule has 1 heterocycles. The normalized spacial score (nSPS) is 12.7. The van der Waals surface area contributed by atoms with E-state index in [1.165, 1.54) is 16.0 Å². The lowest BCUT2D eigenvalue weighted by atomic mass is 9.99. The van der Waals surface area contributed by atoms with Gasteiger partial charge in [0, 0.05) is 9.35 Å². The lowest BCUT2D eigenvalue weighted by Gasteiger charge is -2.19. The Kier molecular flexibility index (Phi) is 4.84. The summed E-state index contributed by atoms with van der Waals surface area (Å²) in [5.74, 6) is 0. The highest BCUT2D eigenvalue weighted by atomic mass is 79.9. The van der Waals surface area contributed by atoms with E-state index >= 15 is 0 Å². The molecule has 96 valence electrons. The number of halogens is 2. The zero-order valence-corrected chi connectivity index (χ0v) is 13.5. The van der Waals surface area contributed by atoms with Gasteiger partial charge in [0.1, 0.15) is 0 Å². The molecule has 0 bridgehead atoms. The second kappa shape index (κ2) is 6.20. The molecule has 0 fully saturated rings. The summed E-state index contributed by atoms with van der Waals surface area (Å²) in [6, 6.07) is 8.53. The fourth-order valence-electron chi connectivity index (χ4n) is 2.00. The molecule has 18 heavy (non-hydrogen) atoms. The van der Waals surface area contributed by atoms with Crippen molar-refractivity contribution in [1.29, 1.82) is 0 Å². The summed E-state index contributed by atoms with van der Waals surface area (Å²) >= 11 is 11.3. The average Bonchev–Trinajstić information content (AvgIpc) is 2.76. The van der Waals surface area contributed by atoms with Gasteiger partial charge in [0.2, 0.25) is 0 Å². The largest absolute Gasteiger partial charge is 0.306 e. The van der Waals surface area contributed by atoms with Crippen LogP contribution in [-0.4, -0.2) is 6.54 Å². The Labute approximate surface area is 125 Å². The van der Waals surface area contributed by atoms with Crippen molar-refractivity contribution in [1.82, 2.24) is 5.32 Å². The Morgan fingerprint density at radius 2 is 2.17 bits per heavy atom. The molecule has 0 saturated carbocycles. The van der Waals surface area contributed by atoms with Gasteiger partial charge in [-0.15, -0.1) is 11.3 Å². The molecule has 0 saturated heterocycles. The number of hydrogen-bond acceptors (Lipinski definition) is 2. The van der Waals surface area contributed by atoms with Crippen LogP contribution >= 0.6 is 38.9 Å². The van der Waals surface area contributed by atoms with Crippen molar-refractivity contribution in [3.63, 3.8) is 0 Å². The molecule has 0 aliphatic rings. The van der Waals surface area contributed by atoms with Crippen molar-refractivity contribution in [3.8, 4) is 0 Å². The van der Waals surface area contributed by atoms with Crippen LogP contribution in [0.25, 0.3) is 0 Å². The molecule has 4 heteroatoms. The summed E-state index contributed by atoms with van der Waals surface area (Å²) in [7, 11) is 0. The van der Waals surface area contributed by atoms with Crippen LogP contribution in [0.5, 0.6) is 0 Å². The highest BCUT2D eigenvalue weighted by molar-refractivity contribution is 9.10.